The lowest BCUT2D eigenvalue weighted by Crippen LogP contribution is -2.43. The van der Waals surface area contributed by atoms with Crippen molar-refractivity contribution >= 4 is 5.91 Å². The topological polar surface area (TPSA) is 20.3 Å². The van der Waals surface area contributed by atoms with Gasteiger partial charge < -0.3 is 4.90 Å². The Kier molecular flexibility index (Phi) is 2.80. The van der Waals surface area contributed by atoms with E-state index in [2.05, 4.69) is 0 Å². The minimum absolute atomic E-state index is 0.368. The van der Waals surface area contributed by atoms with E-state index in [-0.39, 0.29) is 0 Å². The fraction of sp³-hybridized carbons (Fsp3) is 0.917. The molecule has 0 heterocycles. The van der Waals surface area contributed by atoms with Crippen LogP contribution in [0.5, 0.6) is 0 Å². The van der Waals surface area contributed by atoms with Gasteiger partial charge in [-0.25, -0.2) is 0 Å². The average molecular weight is 195 g/mol. The molecular weight excluding hydrogens is 174 g/mol. The first kappa shape index (κ1) is 10.0. The van der Waals surface area contributed by atoms with Gasteiger partial charge in [0, 0.05) is 20.0 Å². The van der Waals surface area contributed by atoms with Crippen LogP contribution in [0.4, 0.5) is 0 Å². The van der Waals surface area contributed by atoms with Crippen molar-refractivity contribution in [3.8, 4) is 0 Å². The molecule has 0 bridgehead atoms. The van der Waals surface area contributed by atoms with E-state index in [4.69, 9.17) is 0 Å². The first-order chi connectivity index (χ1) is 6.70. The summed E-state index contributed by atoms with van der Waals surface area (Å²) >= 11 is 0. The largest absolute Gasteiger partial charge is 0.349 e. The van der Waals surface area contributed by atoms with E-state index >= 15 is 0 Å². The van der Waals surface area contributed by atoms with Crippen molar-refractivity contribution in [2.45, 2.75) is 38.5 Å². The molecule has 0 unspecified atom stereocenters. The SMILES string of the molecule is CN(C)C(=O)C(C1CCC1)C1CCC1. The van der Waals surface area contributed by atoms with E-state index in [1.54, 1.807) is 4.90 Å². The van der Waals surface area contributed by atoms with E-state index in [1.165, 1.54) is 38.5 Å². The number of carbonyl (C=O) groups is 1. The lowest BCUT2D eigenvalue weighted by molar-refractivity contribution is -0.140. The summed E-state index contributed by atoms with van der Waals surface area (Å²) in [6.45, 7) is 0. The standard InChI is InChI=1S/C12H21NO/c1-13(2)12(14)11(9-5-3-6-9)10-7-4-8-10/h9-11H,3-8H2,1-2H3. The lowest BCUT2D eigenvalue weighted by Gasteiger charge is -2.42. The molecule has 0 atom stereocenters. The van der Waals surface area contributed by atoms with Crippen molar-refractivity contribution in [3.05, 3.63) is 0 Å². The van der Waals surface area contributed by atoms with Crippen molar-refractivity contribution in [1.82, 2.24) is 4.90 Å². The highest BCUT2D eigenvalue weighted by Gasteiger charge is 2.40. The normalized spacial score (nSPS) is 23.1. The Morgan fingerprint density at radius 2 is 1.50 bits per heavy atom. The molecule has 0 aliphatic heterocycles. The maximum atomic E-state index is 12.0. The van der Waals surface area contributed by atoms with Crippen molar-refractivity contribution < 1.29 is 4.79 Å². The number of hydrogen-bond acceptors (Lipinski definition) is 1. The van der Waals surface area contributed by atoms with Gasteiger partial charge >= 0.3 is 0 Å². The molecule has 2 fully saturated rings. The minimum Gasteiger partial charge on any atom is -0.349 e. The third-order valence-corrected chi connectivity index (χ3v) is 4.04. The summed E-state index contributed by atoms with van der Waals surface area (Å²) in [7, 11) is 3.79. The molecular formula is C12H21NO. The molecule has 2 rings (SSSR count). The fourth-order valence-electron chi connectivity index (χ4n) is 2.68. The molecule has 2 aliphatic rings. The molecule has 80 valence electrons. The van der Waals surface area contributed by atoms with Gasteiger partial charge in [0.1, 0.15) is 0 Å². The second kappa shape index (κ2) is 3.92. The number of nitrogens with zero attached hydrogens (tertiary/aromatic N) is 1. The van der Waals surface area contributed by atoms with Crippen LogP contribution >= 0.6 is 0 Å². The van der Waals surface area contributed by atoms with E-state index in [0.717, 1.165) is 11.8 Å². The zero-order valence-electron chi connectivity index (χ0n) is 9.33. The third-order valence-electron chi connectivity index (χ3n) is 4.04. The smallest absolute Gasteiger partial charge is 0.225 e. The van der Waals surface area contributed by atoms with Crippen LogP contribution in [0.2, 0.25) is 0 Å². The summed E-state index contributed by atoms with van der Waals surface area (Å²) in [5, 5.41) is 0. The van der Waals surface area contributed by atoms with Crippen LogP contribution in [-0.2, 0) is 4.79 Å². The Morgan fingerprint density at radius 1 is 1.07 bits per heavy atom. The Hall–Kier alpha value is -0.530. The summed E-state index contributed by atoms with van der Waals surface area (Å²) < 4.78 is 0. The molecule has 1 amide bonds. The van der Waals surface area contributed by atoms with Crippen molar-refractivity contribution in [2.75, 3.05) is 14.1 Å². The zero-order valence-corrected chi connectivity index (χ0v) is 9.33. The molecule has 0 saturated heterocycles. The molecule has 2 aliphatic carbocycles. The monoisotopic (exact) mass is 195 g/mol. The van der Waals surface area contributed by atoms with Crippen molar-refractivity contribution in [3.63, 3.8) is 0 Å². The maximum Gasteiger partial charge on any atom is 0.225 e. The number of amides is 1. The second-order valence-corrected chi connectivity index (χ2v) is 5.14. The van der Waals surface area contributed by atoms with Crippen molar-refractivity contribution in [1.29, 1.82) is 0 Å². The molecule has 2 saturated carbocycles. The van der Waals surface area contributed by atoms with Gasteiger partial charge in [0.25, 0.3) is 0 Å². The van der Waals surface area contributed by atoms with Crippen molar-refractivity contribution in [2.24, 2.45) is 17.8 Å². The minimum atomic E-state index is 0.368. The van der Waals surface area contributed by atoms with E-state index in [0.29, 0.717) is 11.8 Å². The van der Waals surface area contributed by atoms with Crippen LogP contribution in [0.15, 0.2) is 0 Å². The summed E-state index contributed by atoms with van der Waals surface area (Å²) in [6.07, 6.45) is 7.85. The quantitative estimate of drug-likeness (QED) is 0.676. The van der Waals surface area contributed by atoms with Crippen LogP contribution in [0.1, 0.15) is 38.5 Å². The van der Waals surface area contributed by atoms with Crippen LogP contribution in [0.25, 0.3) is 0 Å². The Balaban J connectivity index is 2.00. The predicted molar refractivity (Wildman–Crippen MR) is 56.9 cm³/mol. The zero-order chi connectivity index (χ0) is 10.1. The molecule has 0 aromatic heterocycles. The molecule has 0 aromatic rings. The van der Waals surface area contributed by atoms with Gasteiger partial charge in [0.15, 0.2) is 0 Å². The number of hydrogen-bond donors (Lipinski definition) is 0. The van der Waals surface area contributed by atoms with Crippen LogP contribution in [0.3, 0.4) is 0 Å². The average Bonchev–Trinajstić information content (AvgIpc) is 1.94. The summed E-state index contributed by atoms with van der Waals surface area (Å²) in [5.41, 5.74) is 0. The lowest BCUT2D eigenvalue weighted by atomic mass is 9.64. The van der Waals surface area contributed by atoms with Crippen LogP contribution in [-0.4, -0.2) is 24.9 Å². The highest BCUT2D eigenvalue weighted by Crippen LogP contribution is 2.44. The van der Waals surface area contributed by atoms with Gasteiger partial charge in [-0.1, -0.05) is 12.8 Å². The third kappa shape index (κ3) is 1.67. The second-order valence-electron chi connectivity index (χ2n) is 5.14. The maximum absolute atomic E-state index is 12.0. The molecule has 14 heavy (non-hydrogen) atoms. The van der Waals surface area contributed by atoms with Gasteiger partial charge in [0.05, 0.1) is 0 Å². The van der Waals surface area contributed by atoms with E-state index in [9.17, 15) is 4.79 Å². The highest BCUT2D eigenvalue weighted by molar-refractivity contribution is 5.79. The van der Waals surface area contributed by atoms with Crippen LogP contribution in [0, 0.1) is 17.8 Å². The number of carbonyl (C=O) groups excluding carboxylic acids is 1. The summed E-state index contributed by atoms with van der Waals surface area (Å²) in [5.74, 6) is 2.19. The Bertz CT molecular complexity index is 202. The van der Waals surface area contributed by atoms with Crippen LogP contribution < -0.4 is 0 Å². The molecule has 0 radical (unpaired) electrons. The predicted octanol–water partition coefficient (Wildman–Crippen LogP) is 2.29. The number of rotatable bonds is 3. The molecule has 2 heteroatoms. The highest BCUT2D eigenvalue weighted by atomic mass is 16.2. The Labute approximate surface area is 86.7 Å². The van der Waals surface area contributed by atoms with Gasteiger partial charge in [-0.2, -0.15) is 0 Å². The first-order valence-corrected chi connectivity index (χ1v) is 5.91. The van der Waals surface area contributed by atoms with Gasteiger partial charge in [-0.15, -0.1) is 0 Å². The molecule has 0 N–H and O–H groups in total. The van der Waals surface area contributed by atoms with Gasteiger partial charge in [0.2, 0.25) is 5.91 Å². The molecule has 0 spiro atoms. The van der Waals surface area contributed by atoms with E-state index < -0.39 is 0 Å². The summed E-state index contributed by atoms with van der Waals surface area (Å²) in [6, 6.07) is 0. The molecule has 2 nitrogen and oxygen atoms in total. The fourth-order valence-corrected chi connectivity index (χ4v) is 2.68. The first-order valence-electron chi connectivity index (χ1n) is 5.91. The Morgan fingerprint density at radius 3 is 1.71 bits per heavy atom. The molecule has 0 aromatic carbocycles. The van der Waals surface area contributed by atoms with Gasteiger partial charge in [-0.05, 0) is 37.5 Å². The van der Waals surface area contributed by atoms with Gasteiger partial charge in [-0.3, -0.25) is 4.79 Å². The summed E-state index contributed by atoms with van der Waals surface area (Å²) in [4.78, 5) is 13.8. The van der Waals surface area contributed by atoms with E-state index in [1.807, 2.05) is 14.1 Å².